The summed E-state index contributed by atoms with van der Waals surface area (Å²) in [6.07, 6.45) is 5.46. The van der Waals surface area contributed by atoms with E-state index in [1.807, 2.05) is 0 Å². The number of nitrogens with zero attached hydrogens (tertiary/aromatic N) is 7. The molecule has 0 aliphatic heterocycles. The van der Waals surface area contributed by atoms with Crippen LogP contribution in [0, 0.1) is 51.1 Å². The number of rotatable bonds is 7. The Morgan fingerprint density at radius 3 is 0.957 bits per heavy atom. The van der Waals surface area contributed by atoms with Gasteiger partial charge in [-0.15, -0.1) is 0 Å². The van der Waals surface area contributed by atoms with Gasteiger partial charge in [-0.05, 0) is 54.1 Å². The second kappa shape index (κ2) is 11.5. The van der Waals surface area contributed by atoms with Gasteiger partial charge in [-0.3, -0.25) is 0 Å². The van der Waals surface area contributed by atoms with Gasteiger partial charge in [0.2, 0.25) is 0 Å². The average molecular weight is 358 g/mol. The van der Waals surface area contributed by atoms with Crippen molar-refractivity contribution >= 4 is 0 Å². The molecule has 0 aliphatic carbocycles. The molecule has 0 atom stereocenters. The fourth-order valence-electron chi connectivity index (χ4n) is 1.39. The van der Waals surface area contributed by atoms with E-state index in [-0.39, 0.29) is 0 Å². The van der Waals surface area contributed by atoms with Crippen LogP contribution in [0.25, 0.3) is 0 Å². The fraction of sp³-hybridized carbons (Fsp3) is 0.667. The van der Waals surface area contributed by atoms with E-state index in [4.69, 9.17) is 26.3 Å². The molecule has 0 aromatic heterocycles. The van der Waals surface area contributed by atoms with Crippen LogP contribution < -0.4 is 0 Å². The number of hydrogen-bond donors (Lipinski definition) is 0. The monoisotopic (exact) mass is 358 g/mol. The van der Waals surface area contributed by atoms with Gasteiger partial charge in [-0.2, -0.15) is 0 Å². The minimum atomic E-state index is -4.78. The molecule has 8 heteroatoms. The van der Waals surface area contributed by atoms with Gasteiger partial charge in [0.1, 0.15) is 0 Å². The second-order valence-electron chi connectivity index (χ2n) is 5.30. The Labute approximate surface area is 140 Å². The van der Waals surface area contributed by atoms with Crippen molar-refractivity contribution in [1.29, 1.82) is 26.3 Å². The molecular formula is C15H24FeN7. The molecule has 0 radical (unpaired) electrons. The molecule has 0 aromatic carbocycles. The zero-order chi connectivity index (χ0) is 18.4. The van der Waals surface area contributed by atoms with Gasteiger partial charge in [-0.25, -0.2) is 0 Å². The van der Waals surface area contributed by atoms with Gasteiger partial charge in [-0.1, -0.05) is 12.8 Å². The van der Waals surface area contributed by atoms with E-state index in [0.29, 0.717) is 0 Å². The topological polar surface area (TPSA) is 125 Å². The van der Waals surface area contributed by atoms with Gasteiger partial charge < -0.3 is 9.80 Å². The normalized spacial score (nSPS) is 11.4. The molecule has 0 saturated heterocycles. The van der Waals surface area contributed by atoms with Gasteiger partial charge in [0.25, 0.3) is 0 Å². The summed E-state index contributed by atoms with van der Waals surface area (Å²) in [6.45, 7) is 2.48. The Bertz CT molecular complexity index is 452. The van der Waals surface area contributed by atoms with E-state index in [1.54, 1.807) is 0 Å². The number of nitriles is 5. The van der Waals surface area contributed by atoms with E-state index >= 15 is 0 Å². The Hall–Kier alpha value is -2.11. The maximum absolute atomic E-state index is 8.35. The van der Waals surface area contributed by atoms with Crippen molar-refractivity contribution in [2.45, 2.75) is 25.7 Å². The van der Waals surface area contributed by atoms with E-state index in [1.165, 1.54) is 63.6 Å². The van der Waals surface area contributed by atoms with Crippen LogP contribution in [-0.2, 0) is 11.8 Å². The quantitative estimate of drug-likeness (QED) is 0.501. The average Bonchev–Trinajstić information content (AvgIpc) is 2.55. The molecule has 0 aromatic rings. The van der Waals surface area contributed by atoms with Crippen LogP contribution in [0.3, 0.4) is 0 Å². The molecule has 0 aliphatic rings. The van der Waals surface area contributed by atoms with Crippen LogP contribution in [0.2, 0.25) is 0 Å². The van der Waals surface area contributed by atoms with Crippen molar-refractivity contribution in [2.24, 2.45) is 0 Å². The van der Waals surface area contributed by atoms with Gasteiger partial charge >= 0.3 is 62.9 Å². The fourth-order valence-corrected chi connectivity index (χ4v) is 1.94. The number of unbranched alkanes of at least 4 members (excludes halogenated alkanes) is 3. The van der Waals surface area contributed by atoms with Crippen LogP contribution >= 0.6 is 0 Å². The predicted octanol–water partition coefficient (Wildman–Crippen LogP) is 1.75. The molecule has 0 bridgehead atoms. The number of hydrogen-bond acceptors (Lipinski definition) is 7. The van der Waals surface area contributed by atoms with Gasteiger partial charge in [0.05, 0.1) is 0 Å². The third kappa shape index (κ3) is 8.80. The zero-order valence-electron chi connectivity index (χ0n) is 14.2. The minimum absolute atomic E-state index is 1.23. The van der Waals surface area contributed by atoms with Gasteiger partial charge in [0.15, 0.2) is 0 Å². The summed E-state index contributed by atoms with van der Waals surface area (Å²) in [5.74, 6) is 0. The first-order valence-electron chi connectivity index (χ1n) is 6.92. The Balaban J connectivity index is 0. The molecular weight excluding hydrogens is 334 g/mol. The van der Waals surface area contributed by atoms with E-state index in [0.717, 1.165) is 0 Å². The molecule has 7 nitrogen and oxygen atoms in total. The first kappa shape index (κ1) is 23.2. The van der Waals surface area contributed by atoms with Crippen LogP contribution in [0.1, 0.15) is 25.7 Å². The summed E-state index contributed by atoms with van der Waals surface area (Å²) < 4.78 is 0. The van der Waals surface area contributed by atoms with Crippen LogP contribution in [0.5, 0.6) is 0 Å². The standard InChI is InChI=1S/C10H24N2.5CN.Fe/c1-11(2)9-7-5-6-8-10-12(3)4;5*1-2;/h5-10H2,1-4H3;;;;;;. The van der Waals surface area contributed by atoms with Crippen molar-refractivity contribution in [3.8, 4) is 24.8 Å². The molecule has 0 heterocycles. The molecule has 23 heavy (non-hydrogen) atoms. The third-order valence-electron chi connectivity index (χ3n) is 2.75. The Morgan fingerprint density at radius 2 is 0.826 bits per heavy atom. The van der Waals surface area contributed by atoms with Crippen LogP contribution in [0.4, 0.5) is 0 Å². The van der Waals surface area contributed by atoms with Crippen LogP contribution in [-0.4, -0.2) is 51.1 Å². The van der Waals surface area contributed by atoms with Crippen molar-refractivity contribution in [2.75, 3.05) is 41.3 Å². The summed E-state index contributed by atoms with van der Waals surface area (Å²) in [5, 5.41) is 41.8. The first-order chi connectivity index (χ1) is 10.7. The molecule has 0 N–H and O–H groups in total. The predicted molar refractivity (Wildman–Crippen MR) is 83.6 cm³/mol. The van der Waals surface area contributed by atoms with Crippen molar-refractivity contribution in [1.82, 2.24) is 9.80 Å². The summed E-state index contributed by atoms with van der Waals surface area (Å²) in [5.41, 5.74) is 0. The van der Waals surface area contributed by atoms with Crippen molar-refractivity contribution in [3.05, 3.63) is 0 Å². The third-order valence-corrected chi connectivity index (χ3v) is 5.22. The molecule has 0 spiro atoms. The van der Waals surface area contributed by atoms with Crippen LogP contribution in [0.15, 0.2) is 0 Å². The molecule has 0 fully saturated rings. The zero-order valence-corrected chi connectivity index (χ0v) is 15.3. The van der Waals surface area contributed by atoms with E-state index in [9.17, 15) is 0 Å². The molecule has 0 amide bonds. The second-order valence-corrected chi connectivity index (χ2v) is 9.29. The Kier molecular flexibility index (Phi) is 11.5. The van der Waals surface area contributed by atoms with Crippen molar-refractivity contribution < 1.29 is 11.8 Å². The summed E-state index contributed by atoms with van der Waals surface area (Å²) in [6, 6.07) is 0. The maximum atomic E-state index is 8.35. The van der Waals surface area contributed by atoms with E-state index < -0.39 is 11.8 Å². The molecule has 0 rings (SSSR count). The molecule has 127 valence electrons. The van der Waals surface area contributed by atoms with Gasteiger partial charge in [0, 0.05) is 0 Å². The SMILES string of the molecule is CN(C)CCCCCCN(C)C.N#[C][Fe]([C]#N)([C]#N)([C]#N)[C]#N. The molecule has 0 saturated carbocycles. The summed E-state index contributed by atoms with van der Waals surface area (Å²) >= 11 is -4.78. The summed E-state index contributed by atoms with van der Waals surface area (Å²) in [7, 11) is 8.55. The molecule has 0 unspecified atom stereocenters. The van der Waals surface area contributed by atoms with E-state index in [2.05, 4.69) is 38.0 Å². The summed E-state index contributed by atoms with van der Waals surface area (Å²) in [4.78, 5) is 10.6. The first-order valence-corrected chi connectivity index (χ1v) is 9.68. The van der Waals surface area contributed by atoms with Crippen molar-refractivity contribution in [3.63, 3.8) is 0 Å². The Morgan fingerprint density at radius 1 is 0.565 bits per heavy atom.